The van der Waals surface area contributed by atoms with Crippen LogP contribution in [0.15, 0.2) is 122 Å². The molecule has 3 aromatic rings. The fourth-order valence-corrected chi connectivity index (χ4v) is 11.7. The van der Waals surface area contributed by atoms with Crippen molar-refractivity contribution in [2.45, 2.75) is 103 Å². The number of hydrogen-bond acceptors (Lipinski definition) is 4. The Kier molecular flexibility index (Phi) is 14.9. The van der Waals surface area contributed by atoms with Crippen LogP contribution in [-0.4, -0.2) is 42.6 Å². The fourth-order valence-electron chi connectivity index (χ4n) is 5.69. The maximum absolute atomic E-state index is 7.37. The molecule has 260 valence electrons. The first-order chi connectivity index (χ1) is 22.7. The van der Waals surface area contributed by atoms with Gasteiger partial charge in [0.25, 0.3) is 8.32 Å². The molecule has 0 unspecified atom stereocenters. The molecule has 6 heteroatoms. The zero-order valence-electron chi connectivity index (χ0n) is 31.0. The van der Waals surface area contributed by atoms with E-state index in [9.17, 15) is 0 Å². The van der Waals surface area contributed by atoms with Gasteiger partial charge in [-0.25, -0.2) is 0 Å². The lowest BCUT2D eigenvalue weighted by Crippen LogP contribution is -2.67. The van der Waals surface area contributed by atoms with E-state index in [2.05, 4.69) is 158 Å². The number of hydrogen-bond donors (Lipinski definition) is 0. The van der Waals surface area contributed by atoms with Crippen molar-refractivity contribution in [3.05, 3.63) is 127 Å². The minimum Gasteiger partial charge on any atom is -0.497 e. The largest absolute Gasteiger partial charge is 0.497 e. The van der Waals surface area contributed by atoms with Gasteiger partial charge in [0.1, 0.15) is 5.75 Å². The molecule has 4 nitrogen and oxygen atoms in total. The molecule has 3 rings (SSSR count). The first-order valence-electron chi connectivity index (χ1n) is 17.3. The first kappa shape index (κ1) is 39.4. The van der Waals surface area contributed by atoms with E-state index in [-0.39, 0.29) is 22.3 Å². The second kappa shape index (κ2) is 18.1. The van der Waals surface area contributed by atoms with E-state index in [1.807, 2.05) is 18.2 Å². The second-order valence-electron chi connectivity index (χ2n) is 15.1. The lowest BCUT2D eigenvalue weighted by Gasteiger charge is -2.44. The summed E-state index contributed by atoms with van der Waals surface area (Å²) in [5, 5.41) is 2.60. The van der Waals surface area contributed by atoms with E-state index >= 15 is 0 Å². The maximum Gasteiger partial charge on any atom is 0.261 e. The number of rotatable bonds is 18. The van der Waals surface area contributed by atoms with Gasteiger partial charge in [0.05, 0.1) is 25.9 Å². The maximum atomic E-state index is 7.37. The van der Waals surface area contributed by atoms with E-state index in [0.717, 1.165) is 30.6 Å². The van der Waals surface area contributed by atoms with E-state index in [0.29, 0.717) is 13.2 Å². The molecule has 0 saturated carbocycles. The van der Waals surface area contributed by atoms with Crippen molar-refractivity contribution in [2.75, 3.05) is 13.7 Å². The Balaban J connectivity index is 1.76. The van der Waals surface area contributed by atoms with Crippen LogP contribution >= 0.6 is 0 Å². The van der Waals surface area contributed by atoms with Crippen molar-refractivity contribution >= 4 is 27.0 Å². The highest BCUT2D eigenvalue weighted by atomic mass is 28.4. The molecule has 0 fully saturated rings. The summed E-state index contributed by atoms with van der Waals surface area (Å²) < 4.78 is 25.6. The predicted molar refractivity (Wildman–Crippen MR) is 210 cm³/mol. The molecule has 0 N–H and O–H groups in total. The number of allylic oxidation sites excluding steroid dienone is 2. The van der Waals surface area contributed by atoms with Gasteiger partial charge in [0.15, 0.2) is 8.32 Å². The Labute approximate surface area is 294 Å². The van der Waals surface area contributed by atoms with Crippen molar-refractivity contribution < 1.29 is 18.3 Å². The van der Waals surface area contributed by atoms with Gasteiger partial charge in [-0.05, 0) is 70.5 Å². The highest BCUT2D eigenvalue weighted by molar-refractivity contribution is 6.99. The Morgan fingerprint density at radius 3 is 1.81 bits per heavy atom. The molecule has 0 radical (unpaired) electrons. The van der Waals surface area contributed by atoms with Crippen LogP contribution in [0.5, 0.6) is 5.75 Å². The molecule has 0 spiro atoms. The van der Waals surface area contributed by atoms with Crippen molar-refractivity contribution in [1.82, 2.24) is 0 Å². The summed E-state index contributed by atoms with van der Waals surface area (Å²) in [6.07, 6.45) is 13.0. The lowest BCUT2D eigenvalue weighted by molar-refractivity contribution is 0.0783. The Morgan fingerprint density at radius 1 is 0.729 bits per heavy atom. The number of methoxy groups -OCH3 is 1. The Hall–Kier alpha value is -3.01. The smallest absolute Gasteiger partial charge is 0.261 e. The molecule has 2 atom stereocenters. The minimum atomic E-state index is -2.69. The van der Waals surface area contributed by atoms with Crippen LogP contribution in [0.4, 0.5) is 0 Å². The molecule has 0 aliphatic heterocycles. The van der Waals surface area contributed by atoms with Crippen molar-refractivity contribution in [2.24, 2.45) is 0 Å². The van der Waals surface area contributed by atoms with Crippen molar-refractivity contribution in [3.8, 4) is 5.75 Å². The molecule has 3 aromatic carbocycles. The number of ether oxygens (including phenoxy) is 2. The van der Waals surface area contributed by atoms with Crippen molar-refractivity contribution in [3.63, 3.8) is 0 Å². The molecular formula is C42H60O4Si2. The van der Waals surface area contributed by atoms with Gasteiger partial charge in [0, 0.05) is 6.61 Å². The average Bonchev–Trinajstić information content (AvgIpc) is 3.05. The lowest BCUT2D eigenvalue weighted by atomic mass is 10.2. The van der Waals surface area contributed by atoms with Gasteiger partial charge in [-0.2, -0.15) is 0 Å². The first-order valence-corrected chi connectivity index (χ1v) is 22.2. The molecule has 0 aromatic heterocycles. The summed E-state index contributed by atoms with van der Waals surface area (Å²) in [6.45, 7) is 23.8. The van der Waals surface area contributed by atoms with Crippen molar-refractivity contribution in [1.29, 1.82) is 0 Å². The summed E-state index contributed by atoms with van der Waals surface area (Å²) in [5.74, 6) is 0.854. The summed E-state index contributed by atoms with van der Waals surface area (Å²) in [5.41, 5.74) is 1.14. The molecule has 0 bridgehead atoms. The summed E-state index contributed by atoms with van der Waals surface area (Å²) in [4.78, 5) is 0. The van der Waals surface area contributed by atoms with E-state index < -0.39 is 16.6 Å². The SMILES string of the molecule is C=CC[C@@H](/C=C/C=C\C[C@@H](CCOCc1ccc(OC)cc1)O[Si](C)(C)C(C)(C)C)O[Si](c1ccccc1)(c1ccccc1)C(C)(C)C. The van der Waals surface area contributed by atoms with Gasteiger partial charge < -0.3 is 18.3 Å². The highest BCUT2D eigenvalue weighted by Gasteiger charge is 2.51. The third-order valence-corrected chi connectivity index (χ3v) is 19.0. The van der Waals surface area contributed by atoms with Gasteiger partial charge in [-0.15, -0.1) is 6.58 Å². The highest BCUT2D eigenvalue weighted by Crippen LogP contribution is 2.39. The quantitative estimate of drug-likeness (QED) is 0.0579. The van der Waals surface area contributed by atoms with Gasteiger partial charge >= 0.3 is 0 Å². The third kappa shape index (κ3) is 11.0. The molecule has 0 aliphatic carbocycles. The normalized spacial score (nSPS) is 14.4. The Bertz CT molecular complexity index is 1380. The zero-order valence-corrected chi connectivity index (χ0v) is 33.0. The number of benzene rings is 3. The van der Waals surface area contributed by atoms with Crippen LogP contribution in [0, 0.1) is 0 Å². The fraction of sp³-hybridized carbons (Fsp3) is 0.429. The molecule has 48 heavy (non-hydrogen) atoms. The Morgan fingerprint density at radius 2 is 1.31 bits per heavy atom. The summed E-state index contributed by atoms with van der Waals surface area (Å²) in [7, 11) is -2.96. The monoisotopic (exact) mass is 684 g/mol. The summed E-state index contributed by atoms with van der Waals surface area (Å²) >= 11 is 0. The molecule has 0 aliphatic rings. The minimum absolute atomic E-state index is 0.0868. The second-order valence-corrected chi connectivity index (χ2v) is 24.1. The molecular weight excluding hydrogens is 625 g/mol. The predicted octanol–water partition coefficient (Wildman–Crippen LogP) is 10.0. The van der Waals surface area contributed by atoms with E-state index in [4.69, 9.17) is 18.3 Å². The van der Waals surface area contributed by atoms with Crippen LogP contribution in [0.3, 0.4) is 0 Å². The van der Waals surface area contributed by atoms with Crippen LogP contribution in [-0.2, 0) is 20.2 Å². The van der Waals surface area contributed by atoms with Gasteiger partial charge in [-0.1, -0.05) is 145 Å². The van der Waals surface area contributed by atoms with E-state index in [1.165, 1.54) is 10.4 Å². The average molecular weight is 685 g/mol. The third-order valence-electron chi connectivity index (χ3n) is 9.40. The topological polar surface area (TPSA) is 36.9 Å². The summed E-state index contributed by atoms with van der Waals surface area (Å²) in [6, 6.07) is 29.7. The molecule has 0 heterocycles. The molecule has 0 amide bonds. The van der Waals surface area contributed by atoms with Gasteiger partial charge in [0.2, 0.25) is 0 Å². The van der Waals surface area contributed by atoms with Crippen LogP contribution < -0.4 is 15.1 Å². The standard InChI is InChI=1S/C42H60O4Si2/c1-11-21-37(46-48(42(5,6)7,39-24-17-13-18-25-39)40-26-19-14-20-27-40)22-15-12-16-23-38(45-47(9,10)41(2,3)4)32-33-44-34-35-28-30-36(43-8)31-29-35/h11-20,22,24-31,37-38H,1,21,23,32-34H2,2-10H3/b16-12-,22-15+/t37-,38-/m0/s1. The van der Waals surface area contributed by atoms with E-state index in [1.54, 1.807) is 7.11 Å². The van der Waals surface area contributed by atoms with Gasteiger partial charge in [-0.3, -0.25) is 0 Å². The van der Waals surface area contributed by atoms with Crippen LogP contribution in [0.1, 0.15) is 66.4 Å². The van der Waals surface area contributed by atoms with Crippen LogP contribution in [0.2, 0.25) is 23.2 Å². The van der Waals surface area contributed by atoms with Crippen LogP contribution in [0.25, 0.3) is 0 Å². The molecule has 0 saturated heterocycles. The zero-order chi connectivity index (χ0) is 35.3.